The molecule has 1 amide bonds. The highest BCUT2D eigenvalue weighted by molar-refractivity contribution is 5.93. The topological polar surface area (TPSA) is 118 Å². The van der Waals surface area contributed by atoms with Crippen LogP contribution in [0, 0.1) is 10.1 Å². The predicted octanol–water partition coefficient (Wildman–Crippen LogP) is 3.64. The summed E-state index contributed by atoms with van der Waals surface area (Å²) < 4.78 is 0. The van der Waals surface area contributed by atoms with Crippen LogP contribution in [0.25, 0.3) is 10.9 Å². The Morgan fingerprint density at radius 2 is 2.04 bits per heavy atom. The van der Waals surface area contributed by atoms with E-state index in [4.69, 9.17) is 0 Å². The summed E-state index contributed by atoms with van der Waals surface area (Å²) in [5.74, 6) is -0.437. The van der Waals surface area contributed by atoms with Crippen LogP contribution in [-0.2, 0) is 4.79 Å². The summed E-state index contributed by atoms with van der Waals surface area (Å²) in [5, 5.41) is 25.5. The van der Waals surface area contributed by atoms with Crippen molar-refractivity contribution in [3.05, 3.63) is 70.2 Å². The Hall–Kier alpha value is -3.55. The molecule has 8 nitrogen and oxygen atoms in total. The maximum atomic E-state index is 12.4. The van der Waals surface area contributed by atoms with Crippen molar-refractivity contribution in [2.75, 3.05) is 0 Å². The van der Waals surface area contributed by atoms with Crippen molar-refractivity contribution in [1.29, 1.82) is 0 Å². The van der Waals surface area contributed by atoms with E-state index in [1.54, 1.807) is 30.5 Å². The molecule has 0 aliphatic heterocycles. The van der Waals surface area contributed by atoms with Gasteiger partial charge in [0.2, 0.25) is 5.91 Å². The Morgan fingerprint density at radius 3 is 2.71 bits per heavy atom. The van der Waals surface area contributed by atoms with E-state index in [0.29, 0.717) is 18.5 Å². The van der Waals surface area contributed by atoms with Gasteiger partial charge in [0.1, 0.15) is 17.3 Å². The van der Waals surface area contributed by atoms with Crippen LogP contribution >= 0.6 is 0 Å². The zero-order valence-electron chi connectivity index (χ0n) is 15.3. The second kappa shape index (κ2) is 8.43. The lowest BCUT2D eigenvalue weighted by molar-refractivity contribution is -0.383. The first-order valence-corrected chi connectivity index (χ1v) is 8.98. The van der Waals surface area contributed by atoms with Gasteiger partial charge < -0.3 is 10.4 Å². The van der Waals surface area contributed by atoms with Crippen molar-refractivity contribution in [3.8, 4) is 5.75 Å². The number of non-ortho nitro benzene ring substituents is 1. The molecule has 0 saturated carbocycles. The summed E-state index contributed by atoms with van der Waals surface area (Å²) in [6.45, 7) is 1.98. The zero-order chi connectivity index (χ0) is 20.1. The van der Waals surface area contributed by atoms with E-state index in [1.165, 1.54) is 18.3 Å². The molecule has 0 radical (unpaired) electrons. The Labute approximate surface area is 161 Å². The third-order valence-corrected chi connectivity index (χ3v) is 4.43. The highest BCUT2D eigenvalue weighted by Crippen LogP contribution is 2.39. The summed E-state index contributed by atoms with van der Waals surface area (Å²) >= 11 is 0. The summed E-state index contributed by atoms with van der Waals surface area (Å²) in [4.78, 5) is 31.8. The monoisotopic (exact) mass is 380 g/mol. The number of nitrogens with zero attached hydrogens (tertiary/aromatic N) is 3. The first-order chi connectivity index (χ1) is 13.5. The molecule has 8 heteroatoms. The quantitative estimate of drug-likeness (QED) is 0.477. The molecule has 2 aromatic heterocycles. The first kappa shape index (κ1) is 19.2. The molecule has 1 atom stereocenters. The molecule has 1 aromatic carbocycles. The number of nitrogens with one attached hydrogen (secondary N) is 1. The summed E-state index contributed by atoms with van der Waals surface area (Å²) in [6, 6.07) is 8.70. The molecule has 28 heavy (non-hydrogen) atoms. The van der Waals surface area contributed by atoms with E-state index in [9.17, 15) is 20.0 Å². The number of hydrogen-bond donors (Lipinski definition) is 2. The highest BCUT2D eigenvalue weighted by atomic mass is 16.6. The molecule has 3 aromatic rings. The maximum Gasteiger partial charge on any atom is 0.279 e. The minimum atomic E-state index is -0.837. The zero-order valence-corrected chi connectivity index (χ0v) is 15.3. The van der Waals surface area contributed by atoms with E-state index in [0.717, 1.165) is 6.42 Å². The molecule has 0 aliphatic rings. The number of carbonyl (C=O) groups excluding carboxylic acids is 1. The van der Waals surface area contributed by atoms with Crippen molar-refractivity contribution in [2.45, 2.75) is 32.2 Å². The minimum absolute atomic E-state index is 0.107. The molecule has 0 aliphatic carbocycles. The van der Waals surface area contributed by atoms with Crippen molar-refractivity contribution >= 4 is 22.5 Å². The van der Waals surface area contributed by atoms with Gasteiger partial charge in [0.05, 0.1) is 16.0 Å². The largest absolute Gasteiger partial charge is 0.505 e. The Morgan fingerprint density at radius 1 is 1.25 bits per heavy atom. The standard InChI is InChI=1S/C20H20N4O4/c1-2-3-9-17(25)23-18(15-8-4-5-10-21-15)14-12-16(24(27)28)13-7-6-11-22-19(13)20(14)26/h4-8,10-12,18,26H,2-3,9H2,1H3,(H,23,25). The van der Waals surface area contributed by atoms with Gasteiger partial charge >= 0.3 is 0 Å². The number of nitro groups is 1. The van der Waals surface area contributed by atoms with E-state index in [-0.39, 0.29) is 33.8 Å². The number of pyridine rings is 2. The molecule has 2 heterocycles. The van der Waals surface area contributed by atoms with Gasteiger partial charge in [-0.1, -0.05) is 19.4 Å². The molecular formula is C20H20N4O4. The van der Waals surface area contributed by atoms with Crippen LogP contribution in [0.1, 0.15) is 43.5 Å². The summed E-state index contributed by atoms with van der Waals surface area (Å²) in [5.41, 5.74) is 0.559. The second-order valence-electron chi connectivity index (χ2n) is 6.35. The summed E-state index contributed by atoms with van der Waals surface area (Å²) in [6.07, 6.45) is 4.90. The number of unbranched alkanes of at least 4 members (excludes halogenated alkanes) is 1. The molecule has 0 saturated heterocycles. The molecule has 144 valence electrons. The van der Waals surface area contributed by atoms with Crippen molar-refractivity contribution in [2.24, 2.45) is 0 Å². The van der Waals surface area contributed by atoms with Crippen molar-refractivity contribution in [1.82, 2.24) is 15.3 Å². The SMILES string of the molecule is CCCCC(=O)NC(c1ccccn1)c1cc([N+](=O)[O-])c2cccnc2c1O. The molecule has 2 N–H and O–H groups in total. The van der Waals surface area contributed by atoms with Gasteiger partial charge in [-0.3, -0.25) is 24.9 Å². The number of aromatic hydroxyl groups is 1. The van der Waals surface area contributed by atoms with Gasteiger partial charge in [0, 0.05) is 30.4 Å². The normalized spacial score (nSPS) is 11.9. The number of carbonyl (C=O) groups is 1. The molecule has 0 spiro atoms. The van der Waals surface area contributed by atoms with Crippen LogP contribution in [0.3, 0.4) is 0 Å². The van der Waals surface area contributed by atoms with Gasteiger partial charge in [0.25, 0.3) is 5.69 Å². The van der Waals surface area contributed by atoms with Crippen molar-refractivity contribution in [3.63, 3.8) is 0 Å². The van der Waals surface area contributed by atoms with Crippen LogP contribution in [0.15, 0.2) is 48.8 Å². The number of phenolic OH excluding ortho intramolecular Hbond substituents is 1. The van der Waals surface area contributed by atoms with Crippen LogP contribution in [0.4, 0.5) is 5.69 Å². The van der Waals surface area contributed by atoms with E-state index in [1.807, 2.05) is 6.92 Å². The van der Waals surface area contributed by atoms with Crippen LogP contribution in [0.2, 0.25) is 0 Å². The number of nitro benzene ring substituents is 1. The fourth-order valence-electron chi connectivity index (χ4n) is 3.03. The van der Waals surface area contributed by atoms with E-state index < -0.39 is 11.0 Å². The van der Waals surface area contributed by atoms with Gasteiger partial charge in [-0.2, -0.15) is 0 Å². The van der Waals surface area contributed by atoms with Gasteiger partial charge in [-0.25, -0.2) is 0 Å². The third kappa shape index (κ3) is 3.90. The third-order valence-electron chi connectivity index (χ3n) is 4.43. The highest BCUT2D eigenvalue weighted by Gasteiger charge is 2.27. The number of amides is 1. The number of benzene rings is 1. The lowest BCUT2D eigenvalue weighted by atomic mass is 9.98. The van der Waals surface area contributed by atoms with Crippen LogP contribution in [0.5, 0.6) is 5.75 Å². The number of phenols is 1. The van der Waals surface area contributed by atoms with Crippen molar-refractivity contribution < 1.29 is 14.8 Å². The molecule has 1 unspecified atom stereocenters. The number of rotatable bonds is 7. The lowest BCUT2D eigenvalue weighted by Gasteiger charge is -2.20. The summed E-state index contributed by atoms with van der Waals surface area (Å²) in [7, 11) is 0. The van der Waals surface area contributed by atoms with Gasteiger partial charge in [-0.05, 0) is 30.7 Å². The average Bonchev–Trinajstić information content (AvgIpc) is 2.71. The van der Waals surface area contributed by atoms with E-state index in [2.05, 4.69) is 15.3 Å². The van der Waals surface area contributed by atoms with Crippen LogP contribution in [-0.4, -0.2) is 25.9 Å². The second-order valence-corrected chi connectivity index (χ2v) is 6.35. The molecule has 3 rings (SSSR count). The smallest absolute Gasteiger partial charge is 0.279 e. The number of hydrogen-bond acceptors (Lipinski definition) is 6. The first-order valence-electron chi connectivity index (χ1n) is 8.98. The maximum absolute atomic E-state index is 12.4. The Balaban J connectivity index is 2.16. The Kier molecular flexibility index (Phi) is 5.78. The number of fused-ring (bicyclic) bond motifs is 1. The molecule has 0 fully saturated rings. The lowest BCUT2D eigenvalue weighted by Crippen LogP contribution is -2.29. The van der Waals surface area contributed by atoms with Crippen LogP contribution < -0.4 is 5.32 Å². The fourth-order valence-corrected chi connectivity index (χ4v) is 3.03. The minimum Gasteiger partial charge on any atom is -0.505 e. The number of aromatic nitrogens is 2. The fraction of sp³-hybridized carbons (Fsp3) is 0.250. The van der Waals surface area contributed by atoms with Gasteiger partial charge in [0.15, 0.2) is 0 Å². The predicted molar refractivity (Wildman–Crippen MR) is 104 cm³/mol. The average molecular weight is 380 g/mol. The van der Waals surface area contributed by atoms with Gasteiger partial charge in [-0.15, -0.1) is 0 Å². The van der Waals surface area contributed by atoms with E-state index >= 15 is 0 Å². The Bertz CT molecular complexity index is 1010. The molecular weight excluding hydrogens is 360 g/mol. The molecule has 0 bridgehead atoms.